The molecule has 0 aliphatic carbocycles. The molecule has 3 aromatic rings. The van der Waals surface area contributed by atoms with Gasteiger partial charge in [0.1, 0.15) is 5.76 Å². The maximum atomic E-state index is 12.8. The van der Waals surface area contributed by atoms with Crippen molar-refractivity contribution in [3.05, 3.63) is 65.4 Å². The molecule has 2 heterocycles. The van der Waals surface area contributed by atoms with E-state index in [0.29, 0.717) is 23.2 Å². The molecule has 0 unspecified atom stereocenters. The summed E-state index contributed by atoms with van der Waals surface area (Å²) in [5, 5.41) is 6.62. The van der Waals surface area contributed by atoms with Gasteiger partial charge in [0.25, 0.3) is 0 Å². The van der Waals surface area contributed by atoms with Crippen molar-refractivity contribution < 1.29 is 9.32 Å². The largest absolute Gasteiger partial charge is 0.361 e. The lowest BCUT2D eigenvalue weighted by Gasteiger charge is -2.17. The molecule has 0 bridgehead atoms. The zero-order chi connectivity index (χ0) is 19.2. The molecule has 0 atom stereocenters. The number of benzene rings is 1. The van der Waals surface area contributed by atoms with Gasteiger partial charge in [0, 0.05) is 28.8 Å². The standard InChI is InChI=1S/C20H21N3O2S2/c1-4-10-23(19(24)13-26-11-17-14(2)22-25-15(17)3)20-21-18(12-27-20)16-8-6-5-7-9-16/h4-9,12H,1,10-11,13H2,2-3H3. The molecule has 0 radical (unpaired) electrons. The Morgan fingerprint density at radius 1 is 1.33 bits per heavy atom. The first-order valence-corrected chi connectivity index (χ1v) is 10.5. The summed E-state index contributed by atoms with van der Waals surface area (Å²) in [5.41, 5.74) is 3.85. The molecular formula is C20H21N3O2S2. The molecule has 5 nitrogen and oxygen atoms in total. The van der Waals surface area contributed by atoms with E-state index in [1.165, 1.54) is 11.3 Å². The Morgan fingerprint density at radius 2 is 2.11 bits per heavy atom. The number of thioether (sulfide) groups is 1. The first-order chi connectivity index (χ1) is 13.1. The van der Waals surface area contributed by atoms with Crippen LogP contribution in [0.5, 0.6) is 0 Å². The van der Waals surface area contributed by atoms with Gasteiger partial charge in [-0.15, -0.1) is 29.7 Å². The first kappa shape index (κ1) is 19.4. The molecule has 0 saturated carbocycles. The van der Waals surface area contributed by atoms with E-state index in [9.17, 15) is 4.79 Å². The number of anilines is 1. The van der Waals surface area contributed by atoms with Crippen molar-refractivity contribution in [2.75, 3.05) is 17.2 Å². The molecule has 0 aliphatic rings. The van der Waals surface area contributed by atoms with E-state index in [2.05, 4.69) is 16.7 Å². The predicted octanol–water partition coefficient (Wildman–Crippen LogP) is 4.87. The lowest BCUT2D eigenvalue weighted by atomic mass is 10.2. The highest BCUT2D eigenvalue weighted by Crippen LogP contribution is 2.28. The molecular weight excluding hydrogens is 378 g/mol. The van der Waals surface area contributed by atoms with Crippen LogP contribution in [-0.2, 0) is 10.5 Å². The number of amides is 1. The summed E-state index contributed by atoms with van der Waals surface area (Å²) in [6.45, 7) is 8.02. The Hall–Kier alpha value is -2.38. The van der Waals surface area contributed by atoms with Crippen LogP contribution in [-0.4, -0.2) is 28.3 Å². The number of hydrogen-bond acceptors (Lipinski definition) is 6. The van der Waals surface area contributed by atoms with Crippen LogP contribution in [0.4, 0.5) is 5.13 Å². The molecule has 140 valence electrons. The Labute approximate surface area is 167 Å². The summed E-state index contributed by atoms with van der Waals surface area (Å²) in [7, 11) is 0. The fourth-order valence-electron chi connectivity index (χ4n) is 2.57. The minimum atomic E-state index is 0.0145. The zero-order valence-corrected chi connectivity index (χ0v) is 17.0. The van der Waals surface area contributed by atoms with Gasteiger partial charge in [-0.3, -0.25) is 9.69 Å². The Kier molecular flexibility index (Phi) is 6.47. The minimum Gasteiger partial charge on any atom is -0.361 e. The summed E-state index contributed by atoms with van der Waals surface area (Å²) < 4.78 is 5.17. The van der Waals surface area contributed by atoms with Crippen LogP contribution in [0.3, 0.4) is 0 Å². The summed E-state index contributed by atoms with van der Waals surface area (Å²) >= 11 is 3.02. The van der Waals surface area contributed by atoms with Crippen molar-refractivity contribution in [2.24, 2.45) is 0 Å². The second-order valence-electron chi connectivity index (χ2n) is 5.97. The van der Waals surface area contributed by atoms with Crippen molar-refractivity contribution >= 4 is 34.1 Å². The summed E-state index contributed by atoms with van der Waals surface area (Å²) in [6.07, 6.45) is 1.72. The fraction of sp³-hybridized carbons (Fsp3) is 0.250. The summed E-state index contributed by atoms with van der Waals surface area (Å²) in [6, 6.07) is 9.95. The quantitative estimate of drug-likeness (QED) is 0.506. The lowest BCUT2D eigenvalue weighted by Crippen LogP contribution is -2.32. The fourth-order valence-corrected chi connectivity index (χ4v) is 4.48. The molecule has 1 aromatic carbocycles. The monoisotopic (exact) mass is 399 g/mol. The van der Waals surface area contributed by atoms with E-state index in [-0.39, 0.29) is 5.91 Å². The zero-order valence-electron chi connectivity index (χ0n) is 15.3. The van der Waals surface area contributed by atoms with E-state index in [1.807, 2.05) is 49.6 Å². The number of rotatable bonds is 8. The Morgan fingerprint density at radius 3 is 2.78 bits per heavy atom. The second-order valence-corrected chi connectivity index (χ2v) is 7.79. The topological polar surface area (TPSA) is 59.2 Å². The van der Waals surface area contributed by atoms with Crippen LogP contribution in [0.25, 0.3) is 11.3 Å². The van der Waals surface area contributed by atoms with E-state index in [0.717, 1.165) is 28.3 Å². The summed E-state index contributed by atoms with van der Waals surface area (Å²) in [4.78, 5) is 19.1. The molecule has 0 aliphatic heterocycles. The number of nitrogens with zero attached hydrogens (tertiary/aromatic N) is 3. The maximum absolute atomic E-state index is 12.8. The van der Waals surface area contributed by atoms with Crippen LogP contribution >= 0.6 is 23.1 Å². The van der Waals surface area contributed by atoms with Crippen molar-refractivity contribution in [2.45, 2.75) is 19.6 Å². The van der Waals surface area contributed by atoms with Gasteiger partial charge in [0.05, 0.1) is 17.1 Å². The number of carbonyl (C=O) groups is 1. The van der Waals surface area contributed by atoms with Gasteiger partial charge in [0.15, 0.2) is 5.13 Å². The second kappa shape index (κ2) is 9.01. The molecule has 0 saturated heterocycles. The highest BCUT2D eigenvalue weighted by Gasteiger charge is 2.19. The molecule has 7 heteroatoms. The van der Waals surface area contributed by atoms with Crippen LogP contribution in [0, 0.1) is 13.8 Å². The number of hydrogen-bond donors (Lipinski definition) is 0. The average Bonchev–Trinajstić information content (AvgIpc) is 3.29. The van der Waals surface area contributed by atoms with Crippen molar-refractivity contribution in [3.63, 3.8) is 0 Å². The average molecular weight is 400 g/mol. The highest BCUT2D eigenvalue weighted by molar-refractivity contribution is 7.99. The van der Waals surface area contributed by atoms with E-state index in [1.54, 1.807) is 22.7 Å². The molecule has 3 rings (SSSR count). The summed E-state index contributed by atoms with van der Waals surface area (Å²) in [5.74, 6) is 1.88. The van der Waals surface area contributed by atoms with Gasteiger partial charge in [-0.1, -0.05) is 41.6 Å². The molecule has 0 spiro atoms. The van der Waals surface area contributed by atoms with Gasteiger partial charge in [-0.25, -0.2) is 4.98 Å². The Bertz CT molecular complexity index is 899. The highest BCUT2D eigenvalue weighted by atomic mass is 32.2. The number of aromatic nitrogens is 2. The van der Waals surface area contributed by atoms with Gasteiger partial charge in [-0.2, -0.15) is 0 Å². The van der Waals surface area contributed by atoms with Gasteiger partial charge in [-0.05, 0) is 13.8 Å². The van der Waals surface area contributed by atoms with Crippen molar-refractivity contribution in [3.8, 4) is 11.3 Å². The van der Waals surface area contributed by atoms with E-state index < -0.39 is 0 Å². The normalized spacial score (nSPS) is 10.7. The number of aryl methyl sites for hydroxylation is 2. The third-order valence-corrected chi connectivity index (χ3v) is 5.87. The van der Waals surface area contributed by atoms with Crippen molar-refractivity contribution in [1.29, 1.82) is 0 Å². The number of thiazole rings is 1. The lowest BCUT2D eigenvalue weighted by molar-refractivity contribution is -0.116. The first-order valence-electron chi connectivity index (χ1n) is 8.52. The van der Waals surface area contributed by atoms with E-state index >= 15 is 0 Å². The molecule has 27 heavy (non-hydrogen) atoms. The minimum absolute atomic E-state index is 0.0145. The third kappa shape index (κ3) is 4.67. The molecule has 0 fully saturated rings. The smallest absolute Gasteiger partial charge is 0.239 e. The molecule has 2 aromatic heterocycles. The SMILES string of the molecule is C=CCN(C(=O)CSCc1c(C)noc1C)c1nc(-c2ccccc2)cs1. The van der Waals surface area contributed by atoms with Crippen LogP contribution in [0.1, 0.15) is 17.0 Å². The maximum Gasteiger partial charge on any atom is 0.239 e. The Balaban J connectivity index is 1.67. The van der Waals surface area contributed by atoms with Crippen molar-refractivity contribution in [1.82, 2.24) is 10.1 Å². The van der Waals surface area contributed by atoms with Crippen LogP contribution in [0.2, 0.25) is 0 Å². The van der Waals surface area contributed by atoms with Crippen LogP contribution < -0.4 is 4.90 Å². The molecule has 0 N–H and O–H groups in total. The van der Waals surface area contributed by atoms with Gasteiger partial charge >= 0.3 is 0 Å². The third-order valence-electron chi connectivity index (χ3n) is 4.06. The van der Waals surface area contributed by atoms with E-state index in [4.69, 9.17) is 4.52 Å². The molecule has 1 amide bonds. The number of carbonyl (C=O) groups excluding carboxylic acids is 1. The predicted molar refractivity (Wildman–Crippen MR) is 112 cm³/mol. The van der Waals surface area contributed by atoms with Gasteiger partial charge in [0.2, 0.25) is 5.91 Å². The van der Waals surface area contributed by atoms with Crippen LogP contribution in [0.15, 0.2) is 52.9 Å². The van der Waals surface area contributed by atoms with Gasteiger partial charge < -0.3 is 4.52 Å².